The summed E-state index contributed by atoms with van der Waals surface area (Å²) in [6.45, 7) is 0.902. The van der Waals surface area contributed by atoms with E-state index < -0.39 is 15.6 Å². The monoisotopic (exact) mass is 333 g/mol. The van der Waals surface area contributed by atoms with Crippen molar-refractivity contribution in [2.75, 3.05) is 25.6 Å². The Bertz CT molecular complexity index is 553. The van der Waals surface area contributed by atoms with E-state index >= 15 is 0 Å². The van der Waals surface area contributed by atoms with E-state index in [1.807, 2.05) is 0 Å². The molecule has 2 N–H and O–H groups in total. The van der Waals surface area contributed by atoms with Gasteiger partial charge in [-0.2, -0.15) is 0 Å². The van der Waals surface area contributed by atoms with Crippen molar-refractivity contribution in [3.8, 4) is 0 Å². The van der Waals surface area contributed by atoms with Crippen LogP contribution in [0.2, 0.25) is 0 Å². The summed E-state index contributed by atoms with van der Waals surface area (Å²) < 4.78 is 32.1. The molecule has 1 heterocycles. The maximum atomic E-state index is 12.2. The highest BCUT2D eigenvalue weighted by molar-refractivity contribution is 7.89. The fraction of sp³-hybridized carbons (Fsp3) is 0.571. The van der Waals surface area contributed by atoms with E-state index in [0.717, 1.165) is 5.56 Å². The molecule has 21 heavy (non-hydrogen) atoms. The van der Waals surface area contributed by atoms with Crippen molar-refractivity contribution < 1.29 is 18.3 Å². The minimum absolute atomic E-state index is 0.00211. The van der Waals surface area contributed by atoms with Gasteiger partial charge in [-0.1, -0.05) is 12.1 Å². The molecular formula is C14H20ClNO4S. The summed E-state index contributed by atoms with van der Waals surface area (Å²) >= 11 is 5.65. The summed E-state index contributed by atoms with van der Waals surface area (Å²) in [4.78, 5) is 0.191. The van der Waals surface area contributed by atoms with Crippen LogP contribution >= 0.6 is 11.6 Å². The van der Waals surface area contributed by atoms with Crippen LogP contribution in [0.15, 0.2) is 29.2 Å². The molecule has 1 aromatic rings. The van der Waals surface area contributed by atoms with Gasteiger partial charge < -0.3 is 9.84 Å². The lowest BCUT2D eigenvalue weighted by Crippen LogP contribution is -2.46. The third kappa shape index (κ3) is 4.66. The van der Waals surface area contributed by atoms with Gasteiger partial charge in [0.25, 0.3) is 0 Å². The Morgan fingerprint density at radius 2 is 1.86 bits per heavy atom. The second kappa shape index (κ2) is 7.07. The predicted molar refractivity (Wildman–Crippen MR) is 81.1 cm³/mol. The maximum Gasteiger partial charge on any atom is 0.240 e. The number of ether oxygens (including phenoxy) is 1. The largest absolute Gasteiger partial charge is 0.388 e. The fourth-order valence-electron chi connectivity index (χ4n) is 2.19. The second-order valence-electron chi connectivity index (χ2n) is 5.24. The first-order valence-corrected chi connectivity index (χ1v) is 8.92. The van der Waals surface area contributed by atoms with Gasteiger partial charge in [0.05, 0.1) is 10.5 Å². The molecule has 1 aromatic carbocycles. The van der Waals surface area contributed by atoms with Gasteiger partial charge in [0, 0.05) is 38.5 Å². The standard InChI is InChI=1S/C14H20ClNO4S/c15-8-5-12-1-3-13(4-2-12)21(18,19)16-11-14(17)6-9-20-10-7-14/h1-4,16-17H,5-11H2. The van der Waals surface area contributed by atoms with E-state index in [1.165, 1.54) is 0 Å². The zero-order chi connectivity index (χ0) is 15.3. The van der Waals surface area contributed by atoms with Crippen LogP contribution in [-0.4, -0.2) is 44.8 Å². The summed E-state index contributed by atoms with van der Waals surface area (Å²) in [5.74, 6) is 0.499. The first-order chi connectivity index (χ1) is 9.95. The molecule has 1 aliphatic rings. The van der Waals surface area contributed by atoms with Crippen molar-refractivity contribution >= 4 is 21.6 Å². The Morgan fingerprint density at radius 1 is 1.24 bits per heavy atom. The lowest BCUT2D eigenvalue weighted by Gasteiger charge is -2.31. The van der Waals surface area contributed by atoms with Crippen LogP contribution in [0.4, 0.5) is 0 Å². The van der Waals surface area contributed by atoms with Crippen LogP contribution in [0.25, 0.3) is 0 Å². The van der Waals surface area contributed by atoms with Gasteiger partial charge in [-0.05, 0) is 24.1 Å². The van der Waals surface area contributed by atoms with E-state index in [4.69, 9.17) is 16.3 Å². The number of sulfonamides is 1. The van der Waals surface area contributed by atoms with Crippen LogP contribution in [0, 0.1) is 0 Å². The van der Waals surface area contributed by atoms with Crippen molar-refractivity contribution in [1.29, 1.82) is 0 Å². The summed E-state index contributed by atoms with van der Waals surface area (Å²) in [6.07, 6.45) is 1.57. The van der Waals surface area contributed by atoms with Gasteiger partial charge in [0.15, 0.2) is 0 Å². The minimum Gasteiger partial charge on any atom is -0.388 e. The van der Waals surface area contributed by atoms with Crippen molar-refractivity contribution in [1.82, 2.24) is 4.72 Å². The topological polar surface area (TPSA) is 75.6 Å². The quantitative estimate of drug-likeness (QED) is 0.769. The van der Waals surface area contributed by atoms with Gasteiger partial charge in [-0.3, -0.25) is 0 Å². The highest BCUT2D eigenvalue weighted by atomic mass is 35.5. The van der Waals surface area contributed by atoms with Crippen molar-refractivity contribution in [2.24, 2.45) is 0 Å². The SMILES string of the molecule is O=S(=O)(NCC1(O)CCOCC1)c1ccc(CCCl)cc1. The molecular weight excluding hydrogens is 314 g/mol. The van der Waals surface area contributed by atoms with Crippen LogP contribution in [0.5, 0.6) is 0 Å². The Kier molecular flexibility index (Phi) is 5.62. The molecule has 2 rings (SSSR count). The fourth-order valence-corrected chi connectivity index (χ4v) is 3.52. The molecule has 1 fully saturated rings. The Hall–Kier alpha value is -0.660. The van der Waals surface area contributed by atoms with Gasteiger partial charge in [0.2, 0.25) is 10.0 Å². The Balaban J connectivity index is 2.00. The number of halogens is 1. The molecule has 7 heteroatoms. The van der Waals surface area contributed by atoms with Crippen molar-refractivity contribution in [3.63, 3.8) is 0 Å². The van der Waals surface area contributed by atoms with Crippen LogP contribution < -0.4 is 4.72 Å². The molecule has 0 radical (unpaired) electrons. The number of rotatable bonds is 6. The summed E-state index contributed by atoms with van der Waals surface area (Å²) in [5, 5.41) is 10.3. The highest BCUT2D eigenvalue weighted by Crippen LogP contribution is 2.20. The number of hydrogen-bond donors (Lipinski definition) is 2. The average Bonchev–Trinajstić information content (AvgIpc) is 2.47. The number of alkyl halides is 1. The molecule has 0 aliphatic carbocycles. The third-order valence-electron chi connectivity index (χ3n) is 3.63. The number of benzene rings is 1. The van der Waals surface area contributed by atoms with Crippen LogP contribution in [0.1, 0.15) is 18.4 Å². The molecule has 0 atom stereocenters. The Morgan fingerprint density at radius 3 is 2.43 bits per heavy atom. The number of aryl methyl sites for hydroxylation is 1. The highest BCUT2D eigenvalue weighted by Gasteiger charge is 2.31. The molecule has 0 saturated carbocycles. The van der Waals surface area contributed by atoms with Crippen molar-refractivity contribution in [3.05, 3.63) is 29.8 Å². The molecule has 1 saturated heterocycles. The first kappa shape index (κ1) is 16.7. The van der Waals surface area contributed by atoms with Gasteiger partial charge in [-0.15, -0.1) is 11.6 Å². The van der Waals surface area contributed by atoms with E-state index in [-0.39, 0.29) is 11.4 Å². The number of aliphatic hydroxyl groups is 1. The smallest absolute Gasteiger partial charge is 0.240 e. The minimum atomic E-state index is -3.61. The second-order valence-corrected chi connectivity index (χ2v) is 7.39. The molecule has 5 nitrogen and oxygen atoms in total. The molecule has 0 unspecified atom stereocenters. The lowest BCUT2D eigenvalue weighted by atomic mass is 9.95. The molecule has 1 aliphatic heterocycles. The third-order valence-corrected chi connectivity index (χ3v) is 5.24. The molecule has 0 amide bonds. The van der Waals surface area contributed by atoms with E-state index in [9.17, 15) is 13.5 Å². The van der Waals surface area contributed by atoms with Gasteiger partial charge in [0.1, 0.15) is 0 Å². The zero-order valence-corrected chi connectivity index (χ0v) is 13.3. The van der Waals surface area contributed by atoms with E-state index in [1.54, 1.807) is 24.3 Å². The van der Waals surface area contributed by atoms with E-state index in [0.29, 0.717) is 38.4 Å². The predicted octanol–water partition coefficient (Wildman–Crippen LogP) is 1.29. The van der Waals surface area contributed by atoms with Crippen molar-refractivity contribution in [2.45, 2.75) is 29.8 Å². The summed E-state index contributed by atoms with van der Waals surface area (Å²) in [6, 6.07) is 6.61. The van der Waals surface area contributed by atoms with Gasteiger partial charge in [-0.25, -0.2) is 13.1 Å². The number of hydrogen-bond acceptors (Lipinski definition) is 4. The first-order valence-electron chi connectivity index (χ1n) is 6.90. The molecule has 118 valence electrons. The summed E-state index contributed by atoms with van der Waals surface area (Å²) in [5.41, 5.74) is -0.0313. The summed E-state index contributed by atoms with van der Waals surface area (Å²) in [7, 11) is -3.61. The van der Waals surface area contributed by atoms with E-state index in [2.05, 4.69) is 4.72 Å². The number of nitrogens with one attached hydrogen (secondary N) is 1. The van der Waals surface area contributed by atoms with Crippen LogP contribution in [-0.2, 0) is 21.2 Å². The Labute approximate surface area is 130 Å². The molecule has 0 aromatic heterocycles. The zero-order valence-electron chi connectivity index (χ0n) is 11.7. The molecule has 0 spiro atoms. The normalized spacial score (nSPS) is 18.6. The lowest BCUT2D eigenvalue weighted by molar-refractivity contribution is -0.0588. The molecule has 0 bridgehead atoms. The van der Waals surface area contributed by atoms with Crippen LogP contribution in [0.3, 0.4) is 0 Å². The average molecular weight is 334 g/mol. The van der Waals surface area contributed by atoms with Gasteiger partial charge >= 0.3 is 0 Å². The maximum absolute atomic E-state index is 12.2.